The lowest BCUT2D eigenvalue weighted by molar-refractivity contribution is -0.131. The molecule has 0 unspecified atom stereocenters. The first-order chi connectivity index (χ1) is 12.4. The number of rotatable bonds is 6. The maximum Gasteiger partial charge on any atom is 0.230 e. The number of hydrogen-bond donors (Lipinski definition) is 1. The van der Waals surface area contributed by atoms with Gasteiger partial charge in [-0.25, -0.2) is 4.98 Å². The summed E-state index contributed by atoms with van der Waals surface area (Å²) in [5.41, 5.74) is 3.35. The Kier molecular flexibility index (Phi) is 7.46. The predicted octanol–water partition coefficient (Wildman–Crippen LogP) is 2.49. The van der Waals surface area contributed by atoms with Gasteiger partial charge in [-0.15, -0.1) is 0 Å². The third kappa shape index (κ3) is 5.21. The first-order valence-electron chi connectivity index (χ1n) is 8.99. The molecular formula is C19H26N4O2S. The van der Waals surface area contributed by atoms with Crippen LogP contribution in [-0.2, 0) is 9.59 Å². The topological polar surface area (TPSA) is 86.1 Å². The molecule has 2 amide bonds. The van der Waals surface area contributed by atoms with Crippen LogP contribution in [0.1, 0.15) is 48.1 Å². The number of nitriles is 1. The van der Waals surface area contributed by atoms with Gasteiger partial charge in [0.05, 0.1) is 11.3 Å². The Labute approximate surface area is 159 Å². The monoisotopic (exact) mass is 374 g/mol. The van der Waals surface area contributed by atoms with Gasteiger partial charge in [0.15, 0.2) is 0 Å². The summed E-state index contributed by atoms with van der Waals surface area (Å²) < 4.78 is 0. The number of thioether (sulfide) groups is 1. The van der Waals surface area contributed by atoms with Crippen molar-refractivity contribution in [2.24, 2.45) is 0 Å². The Hall–Kier alpha value is -2.07. The van der Waals surface area contributed by atoms with Crippen LogP contribution in [0.25, 0.3) is 0 Å². The van der Waals surface area contributed by atoms with E-state index >= 15 is 0 Å². The molecule has 2 rings (SSSR count). The second-order valence-corrected chi connectivity index (χ2v) is 7.53. The van der Waals surface area contributed by atoms with Crippen LogP contribution in [-0.4, -0.2) is 47.1 Å². The third-order valence-electron chi connectivity index (χ3n) is 4.79. The van der Waals surface area contributed by atoms with E-state index < -0.39 is 0 Å². The van der Waals surface area contributed by atoms with Crippen molar-refractivity contribution in [3.05, 3.63) is 22.4 Å². The lowest BCUT2D eigenvalue weighted by Gasteiger charge is -2.20. The molecule has 26 heavy (non-hydrogen) atoms. The average molecular weight is 375 g/mol. The normalized spacial score (nSPS) is 14.7. The van der Waals surface area contributed by atoms with Gasteiger partial charge in [0, 0.05) is 31.7 Å². The lowest BCUT2D eigenvalue weighted by Crippen LogP contribution is -2.38. The summed E-state index contributed by atoms with van der Waals surface area (Å²) in [6.45, 7) is 7.55. The van der Waals surface area contributed by atoms with Crippen LogP contribution in [0.4, 0.5) is 0 Å². The molecular weight excluding hydrogens is 348 g/mol. The molecule has 1 N–H and O–H groups in total. The largest absolute Gasteiger partial charge is 0.354 e. The first-order valence-corrected chi connectivity index (χ1v) is 9.97. The molecule has 0 saturated carbocycles. The van der Waals surface area contributed by atoms with E-state index in [1.807, 2.05) is 25.7 Å². The molecule has 0 radical (unpaired) electrons. The van der Waals surface area contributed by atoms with Crippen molar-refractivity contribution < 1.29 is 9.59 Å². The Morgan fingerprint density at radius 1 is 1.27 bits per heavy atom. The molecule has 2 heterocycles. The highest BCUT2D eigenvalue weighted by Gasteiger charge is 2.17. The van der Waals surface area contributed by atoms with Crippen molar-refractivity contribution in [1.82, 2.24) is 15.2 Å². The number of amides is 2. The number of likely N-dealkylation sites (tertiary alicyclic amines) is 1. The number of pyridine rings is 1. The second-order valence-electron chi connectivity index (χ2n) is 6.57. The van der Waals surface area contributed by atoms with E-state index in [4.69, 9.17) is 0 Å². The van der Waals surface area contributed by atoms with E-state index in [-0.39, 0.29) is 17.6 Å². The van der Waals surface area contributed by atoms with Crippen molar-refractivity contribution in [3.8, 4) is 6.07 Å². The van der Waals surface area contributed by atoms with E-state index in [0.717, 1.165) is 42.6 Å². The molecule has 7 heteroatoms. The fraction of sp³-hybridized carbons (Fsp3) is 0.579. The molecule has 0 atom stereocenters. The molecule has 0 bridgehead atoms. The maximum absolute atomic E-state index is 12.1. The molecule has 1 aromatic heterocycles. The Morgan fingerprint density at radius 2 is 2.04 bits per heavy atom. The standard InChI is InChI=1S/C19H26N4O2S/c1-13-14(2)16(11-20)19(22-15(13)3)26-12-17(24)21-8-10-23-9-6-4-5-7-18(23)25/h4-10,12H2,1-3H3,(H,21,24). The van der Waals surface area contributed by atoms with Crippen LogP contribution in [0, 0.1) is 32.1 Å². The Balaban J connectivity index is 1.84. The Morgan fingerprint density at radius 3 is 2.77 bits per heavy atom. The van der Waals surface area contributed by atoms with Gasteiger partial charge >= 0.3 is 0 Å². The van der Waals surface area contributed by atoms with Gasteiger partial charge in [-0.2, -0.15) is 5.26 Å². The second kappa shape index (κ2) is 9.58. The predicted molar refractivity (Wildman–Crippen MR) is 102 cm³/mol. The summed E-state index contributed by atoms with van der Waals surface area (Å²) in [5.74, 6) is 0.274. The highest BCUT2D eigenvalue weighted by Crippen LogP contribution is 2.26. The summed E-state index contributed by atoms with van der Waals surface area (Å²) in [6, 6.07) is 2.19. The van der Waals surface area contributed by atoms with Crippen molar-refractivity contribution >= 4 is 23.6 Å². The molecule has 1 aliphatic heterocycles. The number of carbonyl (C=O) groups excluding carboxylic acids is 2. The highest BCUT2D eigenvalue weighted by molar-refractivity contribution is 8.00. The fourth-order valence-corrected chi connectivity index (χ4v) is 3.85. The molecule has 1 fully saturated rings. The van der Waals surface area contributed by atoms with Gasteiger partial charge in [-0.05, 0) is 44.7 Å². The molecule has 1 saturated heterocycles. The highest BCUT2D eigenvalue weighted by atomic mass is 32.2. The minimum atomic E-state index is -0.112. The van der Waals surface area contributed by atoms with Crippen LogP contribution < -0.4 is 5.32 Å². The van der Waals surface area contributed by atoms with Gasteiger partial charge in [0.2, 0.25) is 11.8 Å². The molecule has 0 aliphatic carbocycles. The average Bonchev–Trinajstić information content (AvgIpc) is 2.82. The lowest BCUT2D eigenvalue weighted by atomic mass is 10.1. The van der Waals surface area contributed by atoms with Gasteiger partial charge in [0.25, 0.3) is 0 Å². The number of hydrogen-bond acceptors (Lipinski definition) is 5. The molecule has 6 nitrogen and oxygen atoms in total. The van der Waals surface area contributed by atoms with Crippen molar-refractivity contribution in [2.75, 3.05) is 25.4 Å². The minimum Gasteiger partial charge on any atom is -0.354 e. The van der Waals surface area contributed by atoms with Crippen LogP contribution >= 0.6 is 11.8 Å². The fourth-order valence-electron chi connectivity index (χ4n) is 2.94. The molecule has 0 aromatic carbocycles. The number of aryl methyl sites for hydroxylation is 1. The van der Waals surface area contributed by atoms with Crippen LogP contribution in [0.3, 0.4) is 0 Å². The molecule has 0 spiro atoms. The number of carbonyl (C=O) groups is 2. The first kappa shape index (κ1) is 20.2. The van der Waals surface area contributed by atoms with Gasteiger partial charge in [0.1, 0.15) is 11.1 Å². The summed E-state index contributed by atoms with van der Waals surface area (Å²) >= 11 is 1.28. The molecule has 1 aliphatic rings. The SMILES string of the molecule is Cc1nc(SCC(=O)NCCN2CCCCCC2=O)c(C#N)c(C)c1C. The zero-order valence-corrected chi connectivity index (χ0v) is 16.5. The van der Waals surface area contributed by atoms with E-state index in [9.17, 15) is 14.9 Å². The maximum atomic E-state index is 12.1. The van der Waals surface area contributed by atoms with E-state index in [0.29, 0.717) is 30.1 Å². The van der Waals surface area contributed by atoms with Crippen LogP contribution in [0.2, 0.25) is 0 Å². The van der Waals surface area contributed by atoms with Crippen LogP contribution in [0.5, 0.6) is 0 Å². The van der Waals surface area contributed by atoms with Gasteiger partial charge < -0.3 is 10.2 Å². The zero-order chi connectivity index (χ0) is 19.1. The molecule has 1 aromatic rings. The third-order valence-corrected chi connectivity index (χ3v) is 5.77. The minimum absolute atomic E-state index is 0.112. The number of aromatic nitrogens is 1. The summed E-state index contributed by atoms with van der Waals surface area (Å²) in [6.07, 6.45) is 3.69. The van der Waals surface area contributed by atoms with E-state index in [2.05, 4.69) is 16.4 Å². The summed E-state index contributed by atoms with van der Waals surface area (Å²) in [7, 11) is 0. The van der Waals surface area contributed by atoms with E-state index in [1.165, 1.54) is 11.8 Å². The quantitative estimate of drug-likeness (QED) is 0.773. The molecule has 140 valence electrons. The number of nitrogens with one attached hydrogen (secondary N) is 1. The van der Waals surface area contributed by atoms with E-state index in [1.54, 1.807) is 0 Å². The summed E-state index contributed by atoms with van der Waals surface area (Å²) in [4.78, 5) is 30.3. The van der Waals surface area contributed by atoms with Crippen LogP contribution in [0.15, 0.2) is 5.03 Å². The van der Waals surface area contributed by atoms with Crippen molar-refractivity contribution in [1.29, 1.82) is 5.26 Å². The van der Waals surface area contributed by atoms with Crippen molar-refractivity contribution in [3.63, 3.8) is 0 Å². The van der Waals surface area contributed by atoms with Gasteiger partial charge in [-0.1, -0.05) is 18.2 Å². The number of nitrogens with zero attached hydrogens (tertiary/aromatic N) is 3. The zero-order valence-electron chi connectivity index (χ0n) is 15.7. The van der Waals surface area contributed by atoms with Crippen molar-refractivity contribution in [2.45, 2.75) is 51.5 Å². The Bertz CT molecular complexity index is 727. The van der Waals surface area contributed by atoms with Gasteiger partial charge in [-0.3, -0.25) is 9.59 Å². The summed E-state index contributed by atoms with van der Waals surface area (Å²) in [5, 5.41) is 12.8. The smallest absolute Gasteiger partial charge is 0.230 e.